The van der Waals surface area contributed by atoms with E-state index in [0.29, 0.717) is 17.8 Å². The first-order valence-corrected chi connectivity index (χ1v) is 8.17. The van der Waals surface area contributed by atoms with E-state index in [4.69, 9.17) is 4.74 Å². The molecule has 0 bridgehead atoms. The molecule has 0 saturated heterocycles. The summed E-state index contributed by atoms with van der Waals surface area (Å²) in [7, 11) is 1.63. The van der Waals surface area contributed by atoms with Crippen molar-refractivity contribution in [2.45, 2.75) is 6.42 Å². The molecule has 25 heavy (non-hydrogen) atoms. The number of hydrogen-bond acceptors (Lipinski definition) is 3. The number of carbonyl (C=O) groups excluding carboxylic acids is 2. The van der Waals surface area contributed by atoms with Crippen molar-refractivity contribution in [3.05, 3.63) is 65.7 Å². The maximum Gasteiger partial charge on any atom is 0.259 e. The first-order chi connectivity index (χ1) is 12.1. The molecule has 2 heterocycles. The van der Waals surface area contributed by atoms with Crippen LogP contribution in [0.3, 0.4) is 0 Å². The normalized spacial score (nSPS) is 15.4. The lowest BCUT2D eigenvalue weighted by molar-refractivity contribution is -0.118. The Balaban J connectivity index is 1.55. The molecule has 0 N–H and O–H groups in total. The zero-order chi connectivity index (χ0) is 17.6. The summed E-state index contributed by atoms with van der Waals surface area (Å²) in [5.41, 5.74) is 3.96. The highest BCUT2D eigenvalue weighted by Gasteiger charge is 2.34. The summed E-state index contributed by atoms with van der Waals surface area (Å²) in [4.78, 5) is 28.6. The van der Waals surface area contributed by atoms with Crippen LogP contribution in [0.5, 0.6) is 5.75 Å². The smallest absolute Gasteiger partial charge is 0.259 e. The molecule has 0 saturated carbocycles. The minimum Gasteiger partial charge on any atom is -0.497 e. The number of anilines is 1. The van der Waals surface area contributed by atoms with E-state index in [-0.39, 0.29) is 18.4 Å². The summed E-state index contributed by atoms with van der Waals surface area (Å²) in [5, 5.41) is 0. The second-order valence-corrected chi connectivity index (χ2v) is 6.17. The van der Waals surface area contributed by atoms with Gasteiger partial charge in [-0.25, -0.2) is 0 Å². The largest absolute Gasteiger partial charge is 0.497 e. The number of amides is 2. The average Bonchev–Trinajstić information content (AvgIpc) is 3.16. The van der Waals surface area contributed by atoms with Crippen LogP contribution >= 0.6 is 0 Å². The van der Waals surface area contributed by atoms with Crippen molar-refractivity contribution in [2.24, 2.45) is 0 Å². The highest BCUT2D eigenvalue weighted by Crippen LogP contribution is 2.34. The molecule has 0 aliphatic carbocycles. The third-order valence-corrected chi connectivity index (χ3v) is 4.82. The number of methoxy groups -OCH3 is 1. The molecule has 0 spiro atoms. The van der Waals surface area contributed by atoms with Gasteiger partial charge in [-0.05, 0) is 36.2 Å². The lowest BCUT2D eigenvalue weighted by Gasteiger charge is -2.22. The third-order valence-electron chi connectivity index (χ3n) is 4.82. The number of fused-ring (bicyclic) bond motifs is 2. The second-order valence-electron chi connectivity index (χ2n) is 6.17. The predicted molar refractivity (Wildman–Crippen MR) is 95.6 cm³/mol. The Labute approximate surface area is 146 Å². The molecule has 2 aliphatic rings. The maximum atomic E-state index is 12.8. The zero-order valence-electron chi connectivity index (χ0n) is 14.0. The standard InChI is InChI=1S/C20H18N2O3/c1-13-16-5-3-4-6-17(16)20(24)22(13)12-19(23)21-10-9-14-11-15(25-2)7-8-18(14)21/h3-8,11H,1,9-10,12H2,2H3. The van der Waals surface area contributed by atoms with Crippen LogP contribution in [-0.4, -0.2) is 36.9 Å². The lowest BCUT2D eigenvalue weighted by atomic mass is 10.1. The van der Waals surface area contributed by atoms with Gasteiger partial charge in [0, 0.05) is 29.1 Å². The van der Waals surface area contributed by atoms with E-state index in [0.717, 1.165) is 29.0 Å². The Hall–Kier alpha value is -3.08. The number of nitrogens with zero attached hydrogens (tertiary/aromatic N) is 2. The number of carbonyl (C=O) groups is 2. The fourth-order valence-corrected chi connectivity index (χ4v) is 3.49. The molecular formula is C20H18N2O3. The van der Waals surface area contributed by atoms with Crippen LogP contribution in [0.2, 0.25) is 0 Å². The summed E-state index contributed by atoms with van der Waals surface area (Å²) < 4.78 is 5.24. The Morgan fingerprint density at radius 2 is 1.96 bits per heavy atom. The first kappa shape index (κ1) is 15.4. The van der Waals surface area contributed by atoms with Crippen molar-refractivity contribution in [1.29, 1.82) is 0 Å². The van der Waals surface area contributed by atoms with Crippen LogP contribution in [0, 0.1) is 0 Å². The molecule has 2 aromatic carbocycles. The lowest BCUT2D eigenvalue weighted by Crippen LogP contribution is -2.39. The van der Waals surface area contributed by atoms with E-state index in [1.807, 2.05) is 36.4 Å². The van der Waals surface area contributed by atoms with Gasteiger partial charge in [-0.2, -0.15) is 0 Å². The van der Waals surface area contributed by atoms with E-state index in [1.54, 1.807) is 18.1 Å². The van der Waals surface area contributed by atoms with Gasteiger partial charge in [0.15, 0.2) is 0 Å². The van der Waals surface area contributed by atoms with Gasteiger partial charge in [-0.3, -0.25) is 14.5 Å². The number of ether oxygens (including phenoxy) is 1. The number of benzene rings is 2. The van der Waals surface area contributed by atoms with E-state index < -0.39 is 0 Å². The Morgan fingerprint density at radius 1 is 1.20 bits per heavy atom. The van der Waals surface area contributed by atoms with Crippen LogP contribution in [-0.2, 0) is 11.2 Å². The fourth-order valence-electron chi connectivity index (χ4n) is 3.49. The summed E-state index contributed by atoms with van der Waals surface area (Å²) in [5.74, 6) is 0.515. The minimum absolute atomic E-state index is 0.00217. The summed E-state index contributed by atoms with van der Waals surface area (Å²) >= 11 is 0. The third kappa shape index (κ3) is 2.39. The molecule has 2 aliphatic heterocycles. The van der Waals surface area contributed by atoms with Crippen molar-refractivity contribution >= 4 is 23.2 Å². The quantitative estimate of drug-likeness (QED) is 0.867. The second kappa shape index (κ2) is 5.77. The van der Waals surface area contributed by atoms with Crippen LogP contribution < -0.4 is 9.64 Å². The van der Waals surface area contributed by atoms with Gasteiger partial charge in [0.1, 0.15) is 12.3 Å². The molecule has 5 heteroatoms. The maximum absolute atomic E-state index is 12.8. The summed E-state index contributed by atoms with van der Waals surface area (Å²) in [6.07, 6.45) is 0.785. The molecule has 5 nitrogen and oxygen atoms in total. The van der Waals surface area contributed by atoms with Crippen LogP contribution in [0.1, 0.15) is 21.5 Å². The summed E-state index contributed by atoms with van der Waals surface area (Å²) in [6, 6.07) is 13.0. The van der Waals surface area contributed by atoms with E-state index >= 15 is 0 Å². The first-order valence-electron chi connectivity index (χ1n) is 8.17. The SMILES string of the molecule is C=C1c2ccccc2C(=O)N1CC(=O)N1CCc2cc(OC)ccc21. The topological polar surface area (TPSA) is 49.9 Å². The van der Waals surface area contributed by atoms with E-state index in [9.17, 15) is 9.59 Å². The molecule has 0 fully saturated rings. The van der Waals surface area contributed by atoms with Gasteiger partial charge < -0.3 is 9.64 Å². The molecule has 2 aromatic rings. The Morgan fingerprint density at radius 3 is 2.68 bits per heavy atom. The van der Waals surface area contributed by atoms with Crippen molar-refractivity contribution in [3.8, 4) is 5.75 Å². The molecule has 0 unspecified atom stereocenters. The summed E-state index contributed by atoms with van der Waals surface area (Å²) in [6.45, 7) is 4.60. The highest BCUT2D eigenvalue weighted by molar-refractivity contribution is 6.11. The van der Waals surface area contributed by atoms with Crippen LogP contribution in [0.25, 0.3) is 5.70 Å². The van der Waals surface area contributed by atoms with Crippen molar-refractivity contribution in [1.82, 2.24) is 4.90 Å². The number of rotatable bonds is 3. The monoisotopic (exact) mass is 334 g/mol. The Kier molecular flexibility index (Phi) is 3.57. The Bertz CT molecular complexity index is 869. The molecule has 4 rings (SSSR count). The van der Waals surface area contributed by atoms with Crippen molar-refractivity contribution in [3.63, 3.8) is 0 Å². The molecule has 0 atom stereocenters. The van der Waals surface area contributed by atoms with E-state index in [1.165, 1.54) is 4.90 Å². The highest BCUT2D eigenvalue weighted by atomic mass is 16.5. The molecule has 0 aromatic heterocycles. The van der Waals surface area contributed by atoms with Gasteiger partial charge >= 0.3 is 0 Å². The average molecular weight is 334 g/mol. The molecular weight excluding hydrogens is 316 g/mol. The predicted octanol–water partition coefficient (Wildman–Crippen LogP) is 2.71. The molecule has 0 radical (unpaired) electrons. The minimum atomic E-state index is -0.164. The van der Waals surface area contributed by atoms with Gasteiger partial charge in [-0.15, -0.1) is 0 Å². The van der Waals surface area contributed by atoms with E-state index in [2.05, 4.69) is 6.58 Å². The number of hydrogen-bond donors (Lipinski definition) is 0. The van der Waals surface area contributed by atoms with Gasteiger partial charge in [0.05, 0.1) is 7.11 Å². The fraction of sp³-hybridized carbons (Fsp3) is 0.200. The molecule has 126 valence electrons. The molecule has 2 amide bonds. The van der Waals surface area contributed by atoms with Crippen LogP contribution in [0.4, 0.5) is 5.69 Å². The van der Waals surface area contributed by atoms with Gasteiger partial charge in [0.25, 0.3) is 5.91 Å². The van der Waals surface area contributed by atoms with Crippen molar-refractivity contribution in [2.75, 3.05) is 25.1 Å². The van der Waals surface area contributed by atoms with Crippen molar-refractivity contribution < 1.29 is 14.3 Å². The zero-order valence-corrected chi connectivity index (χ0v) is 14.0. The van der Waals surface area contributed by atoms with Gasteiger partial charge in [-0.1, -0.05) is 24.8 Å². The van der Waals surface area contributed by atoms with Crippen LogP contribution in [0.15, 0.2) is 49.0 Å². The van der Waals surface area contributed by atoms with Gasteiger partial charge in [0.2, 0.25) is 5.91 Å².